The van der Waals surface area contributed by atoms with Crippen LogP contribution in [0.3, 0.4) is 0 Å². The van der Waals surface area contributed by atoms with Crippen molar-refractivity contribution in [2.45, 2.75) is 75.7 Å². The van der Waals surface area contributed by atoms with E-state index in [2.05, 4.69) is 20.8 Å². The maximum atomic E-state index is 12.9. The van der Waals surface area contributed by atoms with Crippen LogP contribution in [-0.4, -0.2) is 34.6 Å². The molecule has 2 fully saturated rings. The fourth-order valence-corrected chi connectivity index (χ4v) is 4.27. The smallest absolute Gasteiger partial charge is 0.255 e. The third kappa shape index (κ3) is 3.32. The average molecular weight is 332 g/mol. The first-order chi connectivity index (χ1) is 11.7. The predicted molar refractivity (Wildman–Crippen MR) is 91.8 cm³/mol. The van der Waals surface area contributed by atoms with E-state index in [9.17, 15) is 9.59 Å². The number of hydrogen-bond acceptors (Lipinski definition) is 3. The number of likely N-dealkylation sites (N-methyl/N-ethyl adjacent to an activating group) is 1. The molecule has 6 heteroatoms. The zero-order chi connectivity index (χ0) is 17.0. The van der Waals surface area contributed by atoms with E-state index in [1.54, 1.807) is 13.2 Å². The standard InChI is InChI=1S/C18H28N4O2/c1-19-17(24)18(10-6-3-7-11-18)21-16(23)14-12-20-22-15(14)13-8-4-2-5-9-13/h12-13H,2-11H2,1H3,(H,19,24)(H,20,22)(H,21,23). The van der Waals surface area contributed by atoms with E-state index in [1.165, 1.54) is 19.3 Å². The van der Waals surface area contributed by atoms with Crippen molar-refractivity contribution >= 4 is 11.8 Å². The molecular formula is C18H28N4O2. The largest absolute Gasteiger partial charge is 0.357 e. The van der Waals surface area contributed by atoms with E-state index in [1.807, 2.05) is 0 Å². The molecule has 2 aliphatic rings. The lowest BCUT2D eigenvalue weighted by Crippen LogP contribution is -2.59. The Balaban J connectivity index is 1.78. The van der Waals surface area contributed by atoms with Crippen molar-refractivity contribution in [3.05, 3.63) is 17.5 Å². The first-order valence-electron chi connectivity index (χ1n) is 9.24. The van der Waals surface area contributed by atoms with Gasteiger partial charge < -0.3 is 10.6 Å². The summed E-state index contributed by atoms with van der Waals surface area (Å²) >= 11 is 0. The lowest BCUT2D eigenvalue weighted by atomic mass is 9.80. The van der Waals surface area contributed by atoms with Gasteiger partial charge in [0.05, 0.1) is 17.5 Å². The van der Waals surface area contributed by atoms with Gasteiger partial charge in [0.15, 0.2) is 0 Å². The SMILES string of the molecule is CNC(=O)C1(NC(=O)c2cn[nH]c2C2CCCCC2)CCCCC1. The molecule has 0 aliphatic heterocycles. The van der Waals surface area contributed by atoms with Gasteiger partial charge in [-0.25, -0.2) is 0 Å². The zero-order valence-corrected chi connectivity index (χ0v) is 14.5. The summed E-state index contributed by atoms with van der Waals surface area (Å²) in [6, 6.07) is 0. The van der Waals surface area contributed by atoms with Gasteiger partial charge in [-0.1, -0.05) is 38.5 Å². The molecule has 2 aliphatic carbocycles. The Morgan fingerprint density at radius 3 is 2.46 bits per heavy atom. The van der Waals surface area contributed by atoms with Crippen LogP contribution in [0.2, 0.25) is 0 Å². The van der Waals surface area contributed by atoms with Gasteiger partial charge in [0, 0.05) is 13.0 Å². The molecule has 1 heterocycles. The van der Waals surface area contributed by atoms with Crippen LogP contribution in [0, 0.1) is 0 Å². The molecule has 3 rings (SSSR count). The molecule has 0 bridgehead atoms. The summed E-state index contributed by atoms with van der Waals surface area (Å²) in [6.45, 7) is 0. The number of aromatic nitrogens is 2. The fraction of sp³-hybridized carbons (Fsp3) is 0.722. The Morgan fingerprint density at radius 2 is 1.79 bits per heavy atom. The lowest BCUT2D eigenvalue weighted by molar-refractivity contribution is -0.128. The Hall–Kier alpha value is -1.85. The summed E-state index contributed by atoms with van der Waals surface area (Å²) in [7, 11) is 1.64. The second-order valence-electron chi connectivity index (χ2n) is 7.21. The summed E-state index contributed by atoms with van der Waals surface area (Å²) in [5.74, 6) is 0.123. The van der Waals surface area contributed by atoms with Crippen LogP contribution in [-0.2, 0) is 4.79 Å². The maximum absolute atomic E-state index is 12.9. The number of carbonyl (C=O) groups is 2. The van der Waals surface area contributed by atoms with E-state index in [0.717, 1.165) is 37.8 Å². The molecule has 0 saturated heterocycles. The Labute approximate surface area is 143 Å². The van der Waals surface area contributed by atoms with Gasteiger partial charge in [-0.2, -0.15) is 5.10 Å². The van der Waals surface area contributed by atoms with Gasteiger partial charge in [0.25, 0.3) is 5.91 Å². The minimum absolute atomic E-state index is 0.0849. The van der Waals surface area contributed by atoms with Gasteiger partial charge in [-0.15, -0.1) is 0 Å². The van der Waals surface area contributed by atoms with E-state index >= 15 is 0 Å². The monoisotopic (exact) mass is 332 g/mol. The van der Waals surface area contributed by atoms with Crippen LogP contribution in [0.15, 0.2) is 6.20 Å². The number of hydrogen-bond donors (Lipinski definition) is 3. The second kappa shape index (κ2) is 7.36. The molecule has 1 aromatic heterocycles. The minimum atomic E-state index is -0.773. The van der Waals surface area contributed by atoms with Crippen molar-refractivity contribution < 1.29 is 9.59 Å². The molecular weight excluding hydrogens is 304 g/mol. The molecule has 24 heavy (non-hydrogen) atoms. The average Bonchev–Trinajstić information content (AvgIpc) is 3.12. The van der Waals surface area contributed by atoms with E-state index in [-0.39, 0.29) is 11.8 Å². The van der Waals surface area contributed by atoms with Gasteiger partial charge in [0.1, 0.15) is 5.54 Å². The number of nitrogens with zero attached hydrogens (tertiary/aromatic N) is 1. The maximum Gasteiger partial charge on any atom is 0.255 e. The number of nitrogens with one attached hydrogen (secondary N) is 3. The highest BCUT2D eigenvalue weighted by Crippen LogP contribution is 2.34. The molecule has 0 atom stereocenters. The van der Waals surface area contributed by atoms with E-state index in [0.29, 0.717) is 24.3 Å². The molecule has 2 saturated carbocycles. The number of H-pyrrole nitrogens is 1. The first-order valence-corrected chi connectivity index (χ1v) is 9.24. The Bertz CT molecular complexity index is 584. The topological polar surface area (TPSA) is 86.9 Å². The van der Waals surface area contributed by atoms with Crippen LogP contribution >= 0.6 is 0 Å². The van der Waals surface area contributed by atoms with Crippen molar-refractivity contribution in [2.24, 2.45) is 0 Å². The van der Waals surface area contributed by atoms with Crippen molar-refractivity contribution in [3.63, 3.8) is 0 Å². The summed E-state index contributed by atoms with van der Waals surface area (Å²) < 4.78 is 0. The molecule has 132 valence electrons. The van der Waals surface area contributed by atoms with Crippen LogP contribution in [0.4, 0.5) is 0 Å². The highest BCUT2D eigenvalue weighted by atomic mass is 16.2. The first kappa shape index (κ1) is 17.0. The van der Waals surface area contributed by atoms with Gasteiger partial charge in [0.2, 0.25) is 5.91 Å². The van der Waals surface area contributed by atoms with E-state index < -0.39 is 5.54 Å². The molecule has 2 amide bonds. The van der Waals surface area contributed by atoms with Crippen molar-refractivity contribution in [3.8, 4) is 0 Å². The van der Waals surface area contributed by atoms with Crippen molar-refractivity contribution in [1.82, 2.24) is 20.8 Å². The molecule has 1 aromatic rings. The molecule has 0 radical (unpaired) electrons. The van der Waals surface area contributed by atoms with Gasteiger partial charge in [-0.05, 0) is 25.7 Å². The van der Waals surface area contributed by atoms with Crippen LogP contribution < -0.4 is 10.6 Å². The molecule has 6 nitrogen and oxygen atoms in total. The molecule has 3 N–H and O–H groups in total. The van der Waals surface area contributed by atoms with Gasteiger partial charge >= 0.3 is 0 Å². The highest BCUT2D eigenvalue weighted by molar-refractivity contribution is 6.00. The predicted octanol–water partition coefficient (Wildman–Crippen LogP) is 2.64. The normalized spacial score (nSPS) is 21.2. The van der Waals surface area contributed by atoms with Crippen LogP contribution in [0.5, 0.6) is 0 Å². The summed E-state index contributed by atoms with van der Waals surface area (Å²) in [5.41, 5.74) is 0.774. The molecule has 0 spiro atoms. The summed E-state index contributed by atoms with van der Waals surface area (Å²) in [5, 5.41) is 12.9. The second-order valence-corrected chi connectivity index (χ2v) is 7.21. The summed E-state index contributed by atoms with van der Waals surface area (Å²) in [4.78, 5) is 25.3. The highest BCUT2D eigenvalue weighted by Gasteiger charge is 2.41. The van der Waals surface area contributed by atoms with Crippen molar-refractivity contribution in [2.75, 3.05) is 7.05 Å². The zero-order valence-electron chi connectivity index (χ0n) is 14.5. The van der Waals surface area contributed by atoms with Crippen LogP contribution in [0.1, 0.15) is 86.2 Å². The third-order valence-electron chi connectivity index (χ3n) is 5.65. The molecule has 0 aromatic carbocycles. The number of aromatic amines is 1. The van der Waals surface area contributed by atoms with Crippen LogP contribution in [0.25, 0.3) is 0 Å². The Morgan fingerprint density at radius 1 is 1.12 bits per heavy atom. The van der Waals surface area contributed by atoms with E-state index in [4.69, 9.17) is 0 Å². The number of rotatable bonds is 4. The Kier molecular flexibility index (Phi) is 5.21. The summed E-state index contributed by atoms with van der Waals surface area (Å²) in [6.07, 6.45) is 11.9. The lowest BCUT2D eigenvalue weighted by Gasteiger charge is -2.36. The van der Waals surface area contributed by atoms with Gasteiger partial charge in [-0.3, -0.25) is 14.7 Å². The molecule has 0 unspecified atom stereocenters. The van der Waals surface area contributed by atoms with Crippen molar-refractivity contribution in [1.29, 1.82) is 0 Å². The number of amides is 2. The quantitative estimate of drug-likeness (QED) is 0.792. The third-order valence-corrected chi connectivity index (χ3v) is 5.65. The minimum Gasteiger partial charge on any atom is -0.357 e. The number of carbonyl (C=O) groups excluding carboxylic acids is 2. The fourth-order valence-electron chi connectivity index (χ4n) is 4.27.